The Morgan fingerprint density at radius 3 is 1.95 bits per heavy atom. The zero-order valence-electron chi connectivity index (χ0n) is 20.8. The maximum absolute atomic E-state index is 13.9. The number of carbonyl (C=O) groups is 3. The molecule has 2 N–H and O–H groups in total. The van der Waals surface area contributed by atoms with E-state index in [-0.39, 0.29) is 30.9 Å². The smallest absolute Gasteiger partial charge is 0.262 e. The van der Waals surface area contributed by atoms with Gasteiger partial charge in [-0.3, -0.25) is 19.3 Å². The topological polar surface area (TPSA) is 114 Å². The summed E-state index contributed by atoms with van der Waals surface area (Å²) in [5, 5.41) is 11.0. The summed E-state index contributed by atoms with van der Waals surface area (Å²) in [5.74, 6) is -1.11. The minimum Gasteiger partial charge on any atom is -0.347 e. The molecule has 0 saturated carbocycles. The minimum absolute atomic E-state index is 0.0113. The lowest BCUT2D eigenvalue weighted by Gasteiger charge is -2.15. The molecule has 5 rings (SSSR count). The lowest BCUT2D eigenvalue weighted by molar-refractivity contribution is -0.136. The second kappa shape index (κ2) is 9.52. The molecule has 37 heavy (non-hydrogen) atoms. The van der Waals surface area contributed by atoms with Gasteiger partial charge in [-0.15, -0.1) is 0 Å². The summed E-state index contributed by atoms with van der Waals surface area (Å²) < 4.78 is 3.83. The maximum Gasteiger partial charge on any atom is 0.262 e. The Morgan fingerprint density at radius 2 is 1.43 bits per heavy atom. The van der Waals surface area contributed by atoms with Gasteiger partial charge >= 0.3 is 0 Å². The number of nitrogens with two attached hydrogens (primary N) is 1. The van der Waals surface area contributed by atoms with Crippen molar-refractivity contribution in [1.29, 1.82) is 5.26 Å². The zero-order valence-corrected chi connectivity index (χ0v) is 20.8. The third-order valence-corrected chi connectivity index (χ3v) is 6.96. The monoisotopic (exact) mass is 493 g/mol. The molecule has 3 heterocycles. The van der Waals surface area contributed by atoms with E-state index in [4.69, 9.17) is 5.73 Å². The standard InChI is InChI=1S/C29H27N5O3/c1-3-32-16-21(19-8-4-6-10-23(19)32)26-27(29(37)34(28(26)36)14-12-25(35)18(2)31)22-17-33(15-13-30)24-11-7-5-9-20(22)24/h4-11,16-18H,3,12,14-15,31H2,1-2H3/t18-/m0/s1. The minimum atomic E-state index is -0.675. The van der Waals surface area contributed by atoms with Gasteiger partial charge in [0.05, 0.1) is 23.3 Å². The molecule has 0 fully saturated rings. The highest BCUT2D eigenvalue weighted by atomic mass is 16.2. The molecular weight excluding hydrogens is 466 g/mol. The first kappa shape index (κ1) is 24.2. The average Bonchev–Trinajstić information content (AvgIpc) is 3.52. The molecule has 0 unspecified atom stereocenters. The number of carbonyl (C=O) groups excluding carboxylic acids is 3. The van der Waals surface area contributed by atoms with Crippen molar-refractivity contribution in [2.24, 2.45) is 5.73 Å². The van der Waals surface area contributed by atoms with Crippen LogP contribution in [-0.4, -0.2) is 44.2 Å². The number of Topliss-reactive ketones (excluding diaryl/α,β-unsaturated/α-hetero) is 1. The number of nitriles is 1. The number of imide groups is 1. The van der Waals surface area contributed by atoms with Gasteiger partial charge in [-0.2, -0.15) is 5.26 Å². The zero-order chi connectivity index (χ0) is 26.3. The Balaban J connectivity index is 1.76. The Kier molecular flexibility index (Phi) is 6.24. The van der Waals surface area contributed by atoms with Crippen molar-refractivity contribution < 1.29 is 14.4 Å². The van der Waals surface area contributed by atoms with Crippen LogP contribution in [0.25, 0.3) is 33.0 Å². The number of para-hydroxylation sites is 2. The van der Waals surface area contributed by atoms with Crippen molar-refractivity contribution in [1.82, 2.24) is 14.0 Å². The van der Waals surface area contributed by atoms with E-state index in [0.717, 1.165) is 26.7 Å². The van der Waals surface area contributed by atoms with E-state index in [2.05, 4.69) is 6.07 Å². The number of amides is 2. The summed E-state index contributed by atoms with van der Waals surface area (Å²) in [6.45, 7) is 4.37. The van der Waals surface area contributed by atoms with Crippen LogP contribution in [0.1, 0.15) is 31.4 Å². The summed E-state index contributed by atoms with van der Waals surface area (Å²) in [7, 11) is 0. The van der Waals surface area contributed by atoms with Crippen molar-refractivity contribution >= 4 is 50.5 Å². The lowest BCUT2D eigenvalue weighted by Crippen LogP contribution is -2.36. The molecule has 1 aliphatic rings. The normalized spacial score (nSPS) is 14.7. The average molecular weight is 494 g/mol. The first-order valence-electron chi connectivity index (χ1n) is 12.3. The van der Waals surface area contributed by atoms with Crippen LogP contribution < -0.4 is 5.73 Å². The van der Waals surface area contributed by atoms with Gasteiger partial charge in [-0.1, -0.05) is 36.4 Å². The van der Waals surface area contributed by atoms with Crippen molar-refractivity contribution in [2.75, 3.05) is 6.54 Å². The van der Waals surface area contributed by atoms with E-state index in [1.165, 1.54) is 0 Å². The number of benzene rings is 2. The van der Waals surface area contributed by atoms with Crippen LogP contribution in [0.15, 0.2) is 60.9 Å². The molecule has 8 nitrogen and oxygen atoms in total. The maximum atomic E-state index is 13.9. The molecule has 1 atom stereocenters. The van der Waals surface area contributed by atoms with Crippen LogP contribution in [0, 0.1) is 11.3 Å². The molecule has 2 amide bonds. The molecule has 0 spiro atoms. The fourth-order valence-electron chi connectivity index (χ4n) is 5.09. The largest absolute Gasteiger partial charge is 0.347 e. The first-order valence-corrected chi connectivity index (χ1v) is 12.3. The first-order chi connectivity index (χ1) is 17.9. The van der Waals surface area contributed by atoms with Gasteiger partial charge in [-0.05, 0) is 26.0 Å². The quantitative estimate of drug-likeness (QED) is 0.376. The molecule has 186 valence electrons. The van der Waals surface area contributed by atoms with Crippen LogP contribution in [0.3, 0.4) is 0 Å². The number of aryl methyl sites for hydroxylation is 1. The van der Waals surface area contributed by atoms with E-state index in [1.54, 1.807) is 17.7 Å². The number of ketones is 1. The molecule has 1 aliphatic heterocycles. The Morgan fingerprint density at radius 1 is 0.919 bits per heavy atom. The molecule has 0 radical (unpaired) electrons. The fraction of sp³-hybridized carbons (Fsp3) is 0.241. The number of aromatic nitrogens is 2. The van der Waals surface area contributed by atoms with E-state index < -0.39 is 17.9 Å². The van der Waals surface area contributed by atoms with Crippen LogP contribution in [0.4, 0.5) is 0 Å². The third-order valence-electron chi connectivity index (χ3n) is 6.96. The summed E-state index contributed by atoms with van der Waals surface area (Å²) in [5.41, 5.74) is 9.33. The highest BCUT2D eigenvalue weighted by Crippen LogP contribution is 2.41. The molecule has 4 aromatic rings. The van der Waals surface area contributed by atoms with Gasteiger partial charge < -0.3 is 14.9 Å². The fourth-order valence-corrected chi connectivity index (χ4v) is 5.09. The van der Waals surface area contributed by atoms with Crippen LogP contribution in [0.5, 0.6) is 0 Å². The Hall–Kier alpha value is -4.48. The van der Waals surface area contributed by atoms with Gasteiger partial charge in [0, 0.05) is 64.8 Å². The molecule has 8 heteroatoms. The predicted molar refractivity (Wildman–Crippen MR) is 142 cm³/mol. The molecule has 0 saturated heterocycles. The highest BCUT2D eigenvalue weighted by Gasteiger charge is 2.41. The Labute approximate surface area is 214 Å². The number of nitrogens with zero attached hydrogens (tertiary/aromatic N) is 4. The van der Waals surface area contributed by atoms with Gasteiger partial charge in [-0.25, -0.2) is 0 Å². The van der Waals surface area contributed by atoms with Crippen LogP contribution >= 0.6 is 0 Å². The van der Waals surface area contributed by atoms with Crippen molar-refractivity contribution in [2.45, 2.75) is 39.4 Å². The van der Waals surface area contributed by atoms with E-state index in [9.17, 15) is 19.6 Å². The van der Waals surface area contributed by atoms with E-state index in [0.29, 0.717) is 23.2 Å². The molecule has 2 aromatic heterocycles. The van der Waals surface area contributed by atoms with Crippen LogP contribution in [-0.2, 0) is 27.5 Å². The van der Waals surface area contributed by atoms with Gasteiger partial charge in [0.1, 0.15) is 6.54 Å². The third kappa shape index (κ3) is 3.94. The number of rotatable bonds is 8. The van der Waals surface area contributed by atoms with Gasteiger partial charge in [0.15, 0.2) is 5.78 Å². The second-order valence-electron chi connectivity index (χ2n) is 9.21. The molecule has 0 aliphatic carbocycles. The van der Waals surface area contributed by atoms with Crippen molar-refractivity contribution in [3.63, 3.8) is 0 Å². The summed E-state index contributed by atoms with van der Waals surface area (Å²) in [6.07, 6.45) is 3.67. The molecule has 0 bridgehead atoms. The lowest BCUT2D eigenvalue weighted by atomic mass is 9.95. The second-order valence-corrected chi connectivity index (χ2v) is 9.21. The SMILES string of the molecule is CCn1cc(C2=C(c3cn(CC#N)c4ccccc34)C(=O)N(CCC(=O)[C@H](C)N)C2=O)c2ccccc21. The van der Waals surface area contributed by atoms with Crippen molar-refractivity contribution in [3.05, 3.63) is 72.1 Å². The molecular formula is C29H27N5O3. The Bertz CT molecular complexity index is 1650. The van der Waals surface area contributed by atoms with E-state index in [1.807, 2.05) is 66.2 Å². The van der Waals surface area contributed by atoms with Crippen molar-refractivity contribution in [3.8, 4) is 6.07 Å². The molecule has 2 aromatic carbocycles. The predicted octanol–water partition coefficient (Wildman–Crippen LogP) is 3.73. The number of fused-ring (bicyclic) bond motifs is 2. The summed E-state index contributed by atoms with van der Waals surface area (Å²) in [4.78, 5) is 41.3. The van der Waals surface area contributed by atoms with Gasteiger partial charge in [0.2, 0.25) is 0 Å². The highest BCUT2D eigenvalue weighted by molar-refractivity contribution is 6.50. The van der Waals surface area contributed by atoms with Crippen LogP contribution in [0.2, 0.25) is 0 Å². The van der Waals surface area contributed by atoms with Gasteiger partial charge in [0.25, 0.3) is 11.8 Å². The van der Waals surface area contributed by atoms with E-state index >= 15 is 0 Å². The summed E-state index contributed by atoms with van der Waals surface area (Å²) >= 11 is 0. The number of hydrogen-bond donors (Lipinski definition) is 1. The summed E-state index contributed by atoms with van der Waals surface area (Å²) in [6, 6.07) is 16.8. The number of hydrogen-bond acceptors (Lipinski definition) is 5.